The van der Waals surface area contributed by atoms with Crippen molar-refractivity contribution in [2.24, 2.45) is 0 Å². The predicted octanol–water partition coefficient (Wildman–Crippen LogP) is 2.55. The standard InChI is InChI=1S/C12H9N3S/c13-6-9-3-5-15-8-16-12(11(9)15)10-2-1-4-14-7-10/h1-5,7,12H,8H2. The van der Waals surface area contributed by atoms with Crippen molar-refractivity contribution in [1.29, 1.82) is 5.26 Å². The molecular formula is C12H9N3S. The Morgan fingerprint density at radius 2 is 2.44 bits per heavy atom. The van der Waals surface area contributed by atoms with Crippen molar-refractivity contribution >= 4 is 11.8 Å². The summed E-state index contributed by atoms with van der Waals surface area (Å²) in [7, 11) is 0. The first-order chi connectivity index (χ1) is 7.90. The van der Waals surface area contributed by atoms with Gasteiger partial charge in [-0.2, -0.15) is 5.26 Å². The molecule has 0 radical (unpaired) electrons. The molecule has 0 saturated heterocycles. The second kappa shape index (κ2) is 3.69. The highest BCUT2D eigenvalue weighted by Gasteiger charge is 2.27. The molecule has 0 N–H and O–H groups in total. The third-order valence-electron chi connectivity index (χ3n) is 2.74. The third-order valence-corrected chi connectivity index (χ3v) is 4.00. The minimum atomic E-state index is 0.248. The highest BCUT2D eigenvalue weighted by atomic mass is 32.2. The van der Waals surface area contributed by atoms with Crippen molar-refractivity contribution in [3.63, 3.8) is 0 Å². The first-order valence-corrected chi connectivity index (χ1v) is 6.05. The van der Waals surface area contributed by atoms with Gasteiger partial charge in [-0.1, -0.05) is 6.07 Å². The summed E-state index contributed by atoms with van der Waals surface area (Å²) in [6.07, 6.45) is 5.63. The maximum absolute atomic E-state index is 9.07. The largest absolute Gasteiger partial charge is 0.339 e. The van der Waals surface area contributed by atoms with Gasteiger partial charge in [-0.25, -0.2) is 0 Å². The number of rotatable bonds is 1. The van der Waals surface area contributed by atoms with Crippen LogP contribution < -0.4 is 0 Å². The Kier molecular flexibility index (Phi) is 2.19. The van der Waals surface area contributed by atoms with E-state index in [2.05, 4.69) is 21.7 Å². The van der Waals surface area contributed by atoms with Gasteiger partial charge in [0.15, 0.2) is 0 Å². The molecule has 2 aromatic rings. The topological polar surface area (TPSA) is 41.6 Å². The zero-order valence-corrected chi connectivity index (χ0v) is 9.31. The van der Waals surface area contributed by atoms with E-state index >= 15 is 0 Å². The Morgan fingerprint density at radius 1 is 1.50 bits per heavy atom. The van der Waals surface area contributed by atoms with Crippen molar-refractivity contribution in [2.45, 2.75) is 11.1 Å². The van der Waals surface area contributed by atoms with Crippen LogP contribution >= 0.6 is 11.8 Å². The minimum absolute atomic E-state index is 0.248. The number of hydrogen-bond acceptors (Lipinski definition) is 3. The van der Waals surface area contributed by atoms with E-state index in [0.29, 0.717) is 0 Å². The SMILES string of the molecule is N#Cc1ccn2c1C(c1cccnc1)SC2. The number of pyridine rings is 1. The Balaban J connectivity index is 2.10. The van der Waals surface area contributed by atoms with Crippen LogP contribution in [0.2, 0.25) is 0 Å². The number of thioether (sulfide) groups is 1. The lowest BCUT2D eigenvalue weighted by atomic mass is 10.1. The van der Waals surface area contributed by atoms with Crippen LogP contribution in [0.25, 0.3) is 0 Å². The summed E-state index contributed by atoms with van der Waals surface area (Å²) in [6.45, 7) is 0. The van der Waals surface area contributed by atoms with E-state index in [1.165, 1.54) is 5.56 Å². The summed E-state index contributed by atoms with van der Waals surface area (Å²) in [5.74, 6) is 0.913. The average Bonchev–Trinajstić information content (AvgIpc) is 2.90. The molecule has 0 fully saturated rings. The molecule has 3 nitrogen and oxygen atoms in total. The first-order valence-electron chi connectivity index (χ1n) is 5.01. The molecule has 3 rings (SSSR count). The van der Waals surface area contributed by atoms with Crippen LogP contribution in [0.3, 0.4) is 0 Å². The van der Waals surface area contributed by atoms with E-state index in [1.54, 1.807) is 6.20 Å². The Bertz CT molecular complexity index is 553. The van der Waals surface area contributed by atoms with Crippen molar-refractivity contribution in [3.05, 3.63) is 53.6 Å². The van der Waals surface area contributed by atoms with Gasteiger partial charge in [0.05, 0.1) is 22.4 Å². The van der Waals surface area contributed by atoms with Crippen molar-refractivity contribution < 1.29 is 0 Å². The molecule has 1 unspecified atom stereocenters. The Labute approximate surface area is 97.7 Å². The van der Waals surface area contributed by atoms with Crippen molar-refractivity contribution in [3.8, 4) is 6.07 Å². The molecule has 0 bridgehead atoms. The van der Waals surface area contributed by atoms with E-state index in [1.807, 2.05) is 36.3 Å². The fraction of sp³-hybridized carbons (Fsp3) is 0.167. The zero-order chi connectivity index (χ0) is 11.0. The molecule has 1 aliphatic heterocycles. The van der Waals surface area contributed by atoms with Gasteiger partial charge < -0.3 is 4.57 Å². The summed E-state index contributed by atoms with van der Waals surface area (Å²) in [5, 5.41) is 9.32. The minimum Gasteiger partial charge on any atom is -0.339 e. The van der Waals surface area contributed by atoms with E-state index in [0.717, 1.165) is 17.1 Å². The second-order valence-electron chi connectivity index (χ2n) is 3.66. The maximum Gasteiger partial charge on any atom is 0.101 e. The molecule has 16 heavy (non-hydrogen) atoms. The van der Waals surface area contributed by atoms with Gasteiger partial charge in [0, 0.05) is 18.6 Å². The van der Waals surface area contributed by atoms with Gasteiger partial charge in [0.1, 0.15) is 6.07 Å². The number of nitriles is 1. The first kappa shape index (κ1) is 9.49. The molecule has 1 aliphatic rings. The molecule has 78 valence electrons. The highest BCUT2D eigenvalue weighted by molar-refractivity contribution is 7.99. The van der Waals surface area contributed by atoms with Crippen molar-refractivity contribution in [1.82, 2.24) is 9.55 Å². The van der Waals surface area contributed by atoms with Gasteiger partial charge in [-0.15, -0.1) is 11.8 Å². The molecule has 3 heterocycles. The summed E-state index contributed by atoms with van der Waals surface area (Å²) >= 11 is 1.83. The molecule has 0 aliphatic carbocycles. The zero-order valence-electron chi connectivity index (χ0n) is 8.50. The van der Waals surface area contributed by atoms with Crippen LogP contribution in [0.1, 0.15) is 22.1 Å². The lowest BCUT2D eigenvalue weighted by Crippen LogP contribution is -1.97. The van der Waals surface area contributed by atoms with Gasteiger partial charge in [-0.3, -0.25) is 4.98 Å². The summed E-state index contributed by atoms with van der Waals surface area (Å²) in [5.41, 5.74) is 3.06. The molecule has 0 spiro atoms. The predicted molar refractivity (Wildman–Crippen MR) is 62.8 cm³/mol. The number of fused-ring (bicyclic) bond motifs is 1. The smallest absolute Gasteiger partial charge is 0.101 e. The summed E-state index contributed by atoms with van der Waals surface area (Å²) in [6, 6.07) is 8.14. The summed E-state index contributed by atoms with van der Waals surface area (Å²) in [4.78, 5) is 4.14. The highest BCUT2D eigenvalue weighted by Crippen LogP contribution is 2.43. The molecule has 0 saturated carbocycles. The van der Waals surface area contributed by atoms with Gasteiger partial charge in [-0.05, 0) is 17.7 Å². The van der Waals surface area contributed by atoms with Gasteiger partial charge in [0.25, 0.3) is 0 Å². The Hall–Kier alpha value is -1.73. The molecular weight excluding hydrogens is 218 g/mol. The molecule has 1 atom stereocenters. The van der Waals surface area contributed by atoms with Crippen LogP contribution in [-0.4, -0.2) is 9.55 Å². The van der Waals surface area contributed by atoms with Crippen LogP contribution in [0.4, 0.5) is 0 Å². The van der Waals surface area contributed by atoms with Crippen LogP contribution in [0.5, 0.6) is 0 Å². The average molecular weight is 227 g/mol. The number of hydrogen-bond donors (Lipinski definition) is 0. The fourth-order valence-electron chi connectivity index (χ4n) is 2.00. The molecule has 2 aromatic heterocycles. The second-order valence-corrected chi connectivity index (χ2v) is 4.72. The quantitative estimate of drug-likeness (QED) is 0.751. The molecule has 4 heteroatoms. The van der Waals surface area contributed by atoms with Crippen LogP contribution in [-0.2, 0) is 5.88 Å². The van der Waals surface area contributed by atoms with E-state index in [4.69, 9.17) is 5.26 Å². The lowest BCUT2D eigenvalue weighted by molar-refractivity contribution is 0.866. The molecule has 0 amide bonds. The van der Waals surface area contributed by atoms with Crippen LogP contribution in [0, 0.1) is 11.3 Å². The summed E-state index contributed by atoms with van der Waals surface area (Å²) < 4.78 is 2.14. The van der Waals surface area contributed by atoms with Gasteiger partial charge in [0.2, 0.25) is 0 Å². The fourth-order valence-corrected chi connectivity index (χ4v) is 3.29. The van der Waals surface area contributed by atoms with E-state index < -0.39 is 0 Å². The number of aromatic nitrogens is 2. The maximum atomic E-state index is 9.07. The normalized spacial score (nSPS) is 18.1. The third kappa shape index (κ3) is 1.33. The molecule has 0 aromatic carbocycles. The lowest BCUT2D eigenvalue weighted by Gasteiger charge is -2.08. The monoisotopic (exact) mass is 227 g/mol. The van der Waals surface area contributed by atoms with E-state index in [-0.39, 0.29) is 5.25 Å². The van der Waals surface area contributed by atoms with Gasteiger partial charge >= 0.3 is 0 Å². The van der Waals surface area contributed by atoms with Crippen molar-refractivity contribution in [2.75, 3.05) is 0 Å². The number of nitrogens with zero attached hydrogens (tertiary/aromatic N) is 3. The Morgan fingerprint density at radius 3 is 3.19 bits per heavy atom. The van der Waals surface area contributed by atoms with E-state index in [9.17, 15) is 0 Å². The van der Waals surface area contributed by atoms with Crippen LogP contribution in [0.15, 0.2) is 36.8 Å².